The zero-order valence-corrected chi connectivity index (χ0v) is 10.8. The Hall–Kier alpha value is -1.83. The number of carboxylic acid groups (broad SMARTS) is 1. The van der Waals surface area contributed by atoms with Crippen LogP contribution >= 0.6 is 0 Å². The number of nitrogens with one attached hydrogen (secondary N) is 1. The largest absolute Gasteiger partial charge is 0.480 e. The van der Waals surface area contributed by atoms with Gasteiger partial charge in [-0.2, -0.15) is 0 Å². The molecule has 1 heterocycles. The van der Waals surface area contributed by atoms with Gasteiger partial charge in [-0.25, -0.2) is 9.59 Å². The lowest BCUT2D eigenvalue weighted by molar-refractivity contribution is -0.141. The Balaban J connectivity index is 2.56. The number of likely N-dealkylation sites (tertiary alicyclic amines) is 1. The standard InChI is InChI=1S/C11H19N3O5/c1-19-7-3-2-4-14(6-7)11(18)13-8(10(16)17)5-9(12)15/h7-8H,2-6H2,1H3,(H2,12,15)(H,13,18)(H,16,17)/t7?,8-/m1/s1. The van der Waals surface area contributed by atoms with Gasteiger partial charge < -0.3 is 25.8 Å². The molecule has 2 atom stereocenters. The number of hydrogen-bond donors (Lipinski definition) is 3. The second kappa shape index (κ2) is 6.93. The molecule has 1 unspecified atom stereocenters. The van der Waals surface area contributed by atoms with E-state index in [1.807, 2.05) is 0 Å². The molecule has 3 amide bonds. The molecule has 19 heavy (non-hydrogen) atoms. The lowest BCUT2D eigenvalue weighted by Gasteiger charge is -2.32. The van der Waals surface area contributed by atoms with Crippen LogP contribution in [0.15, 0.2) is 0 Å². The number of amides is 3. The Morgan fingerprint density at radius 3 is 2.74 bits per heavy atom. The smallest absolute Gasteiger partial charge is 0.326 e. The zero-order chi connectivity index (χ0) is 14.4. The normalized spacial score (nSPS) is 20.7. The van der Waals surface area contributed by atoms with Gasteiger partial charge in [0.25, 0.3) is 0 Å². The predicted octanol–water partition coefficient (Wildman–Crippen LogP) is -0.865. The Kier molecular flexibility index (Phi) is 5.56. The molecule has 1 saturated heterocycles. The molecule has 0 aliphatic carbocycles. The highest BCUT2D eigenvalue weighted by atomic mass is 16.5. The van der Waals surface area contributed by atoms with Crippen molar-refractivity contribution in [2.75, 3.05) is 20.2 Å². The van der Waals surface area contributed by atoms with E-state index in [2.05, 4.69) is 5.32 Å². The number of hydrogen-bond acceptors (Lipinski definition) is 4. The molecule has 1 aliphatic rings. The second-order valence-corrected chi connectivity index (χ2v) is 4.46. The molecule has 8 heteroatoms. The summed E-state index contributed by atoms with van der Waals surface area (Å²) >= 11 is 0. The molecule has 0 aromatic heterocycles. The quantitative estimate of drug-likeness (QED) is 0.601. The van der Waals surface area contributed by atoms with E-state index in [1.54, 1.807) is 7.11 Å². The molecular formula is C11H19N3O5. The van der Waals surface area contributed by atoms with Crippen LogP contribution in [0.1, 0.15) is 19.3 Å². The van der Waals surface area contributed by atoms with E-state index in [0.29, 0.717) is 13.1 Å². The van der Waals surface area contributed by atoms with Crippen LogP contribution in [-0.4, -0.2) is 60.3 Å². The van der Waals surface area contributed by atoms with Crippen LogP contribution in [-0.2, 0) is 14.3 Å². The number of carbonyl (C=O) groups is 3. The van der Waals surface area contributed by atoms with E-state index in [9.17, 15) is 14.4 Å². The maximum atomic E-state index is 11.9. The first-order valence-corrected chi connectivity index (χ1v) is 6.03. The fourth-order valence-electron chi connectivity index (χ4n) is 1.96. The van der Waals surface area contributed by atoms with E-state index >= 15 is 0 Å². The van der Waals surface area contributed by atoms with Crippen molar-refractivity contribution in [3.63, 3.8) is 0 Å². The summed E-state index contributed by atoms with van der Waals surface area (Å²) in [6, 6.07) is -1.82. The average molecular weight is 273 g/mol. The van der Waals surface area contributed by atoms with Crippen molar-refractivity contribution in [3.05, 3.63) is 0 Å². The number of methoxy groups -OCH3 is 1. The van der Waals surface area contributed by atoms with Crippen molar-refractivity contribution in [3.8, 4) is 0 Å². The summed E-state index contributed by atoms with van der Waals surface area (Å²) in [6.45, 7) is 0.944. The molecule has 0 radical (unpaired) electrons. The van der Waals surface area contributed by atoms with Crippen LogP contribution in [0.3, 0.4) is 0 Å². The van der Waals surface area contributed by atoms with Gasteiger partial charge in [0, 0.05) is 20.2 Å². The van der Waals surface area contributed by atoms with Crippen molar-refractivity contribution in [2.45, 2.75) is 31.4 Å². The summed E-state index contributed by atoms with van der Waals surface area (Å²) in [6.07, 6.45) is 1.19. The lowest BCUT2D eigenvalue weighted by atomic mass is 10.1. The van der Waals surface area contributed by atoms with Crippen molar-refractivity contribution in [1.29, 1.82) is 0 Å². The molecule has 0 spiro atoms. The highest BCUT2D eigenvalue weighted by Gasteiger charge is 2.28. The number of carbonyl (C=O) groups excluding carboxylic acids is 2. The molecule has 4 N–H and O–H groups in total. The van der Waals surface area contributed by atoms with Gasteiger partial charge in [-0.15, -0.1) is 0 Å². The molecule has 1 fully saturated rings. The molecule has 1 aliphatic heterocycles. The minimum Gasteiger partial charge on any atom is -0.480 e. The summed E-state index contributed by atoms with van der Waals surface area (Å²) in [5, 5.41) is 11.2. The van der Waals surface area contributed by atoms with Crippen LogP contribution in [0.25, 0.3) is 0 Å². The molecule has 0 aromatic carbocycles. The molecule has 0 saturated carbocycles. The Labute approximate surface area is 110 Å². The van der Waals surface area contributed by atoms with Gasteiger partial charge in [0.2, 0.25) is 5.91 Å². The van der Waals surface area contributed by atoms with E-state index in [1.165, 1.54) is 4.90 Å². The maximum absolute atomic E-state index is 11.9. The SMILES string of the molecule is COC1CCCN(C(=O)N[C@H](CC(N)=O)C(=O)O)C1. The summed E-state index contributed by atoms with van der Waals surface area (Å²) in [5.41, 5.74) is 4.94. The van der Waals surface area contributed by atoms with Crippen LogP contribution in [0.4, 0.5) is 4.79 Å². The third-order valence-corrected chi connectivity index (χ3v) is 3.00. The summed E-state index contributed by atoms with van der Waals surface area (Å²) in [5.74, 6) is -2.06. The van der Waals surface area contributed by atoms with E-state index in [-0.39, 0.29) is 6.10 Å². The average Bonchev–Trinajstić information content (AvgIpc) is 2.37. The molecule has 0 aromatic rings. The minimum atomic E-state index is -1.30. The first-order valence-electron chi connectivity index (χ1n) is 6.03. The van der Waals surface area contributed by atoms with Crippen LogP contribution in [0.2, 0.25) is 0 Å². The summed E-state index contributed by atoms with van der Waals surface area (Å²) in [4.78, 5) is 35.0. The molecule has 0 bridgehead atoms. The van der Waals surface area contributed by atoms with Gasteiger partial charge in [-0.3, -0.25) is 4.79 Å². The van der Waals surface area contributed by atoms with Gasteiger partial charge in [0.05, 0.1) is 12.5 Å². The fourth-order valence-corrected chi connectivity index (χ4v) is 1.96. The van der Waals surface area contributed by atoms with Gasteiger partial charge >= 0.3 is 12.0 Å². The highest BCUT2D eigenvalue weighted by molar-refractivity contribution is 5.87. The number of ether oxygens (including phenoxy) is 1. The van der Waals surface area contributed by atoms with Crippen molar-refractivity contribution in [1.82, 2.24) is 10.2 Å². The van der Waals surface area contributed by atoms with Gasteiger partial charge in [-0.1, -0.05) is 0 Å². The Bertz CT molecular complexity index is 360. The van der Waals surface area contributed by atoms with Crippen molar-refractivity contribution in [2.24, 2.45) is 5.73 Å². The van der Waals surface area contributed by atoms with Gasteiger partial charge in [-0.05, 0) is 12.8 Å². The van der Waals surface area contributed by atoms with Gasteiger partial charge in [0.15, 0.2) is 0 Å². The van der Waals surface area contributed by atoms with Crippen molar-refractivity contribution < 1.29 is 24.2 Å². The summed E-state index contributed by atoms with van der Waals surface area (Å²) in [7, 11) is 1.57. The van der Waals surface area contributed by atoms with Crippen LogP contribution < -0.4 is 11.1 Å². The number of rotatable bonds is 5. The topological polar surface area (TPSA) is 122 Å². The molecule has 1 rings (SSSR count). The Morgan fingerprint density at radius 1 is 1.53 bits per heavy atom. The number of nitrogens with zero attached hydrogens (tertiary/aromatic N) is 1. The van der Waals surface area contributed by atoms with E-state index in [0.717, 1.165) is 12.8 Å². The first-order chi connectivity index (χ1) is 8.93. The molecule has 8 nitrogen and oxygen atoms in total. The van der Waals surface area contributed by atoms with E-state index in [4.69, 9.17) is 15.6 Å². The lowest BCUT2D eigenvalue weighted by Crippen LogP contribution is -2.52. The Morgan fingerprint density at radius 2 is 2.21 bits per heavy atom. The van der Waals surface area contributed by atoms with Crippen molar-refractivity contribution >= 4 is 17.9 Å². The van der Waals surface area contributed by atoms with E-state index < -0.39 is 30.4 Å². The third kappa shape index (κ3) is 4.74. The minimum absolute atomic E-state index is 0.0427. The highest BCUT2D eigenvalue weighted by Crippen LogP contribution is 2.12. The summed E-state index contributed by atoms with van der Waals surface area (Å²) < 4.78 is 5.18. The molecule has 108 valence electrons. The fraction of sp³-hybridized carbons (Fsp3) is 0.727. The third-order valence-electron chi connectivity index (χ3n) is 3.00. The number of aliphatic carboxylic acids is 1. The monoisotopic (exact) mass is 273 g/mol. The number of piperidine rings is 1. The maximum Gasteiger partial charge on any atom is 0.326 e. The van der Waals surface area contributed by atoms with Gasteiger partial charge in [0.1, 0.15) is 6.04 Å². The van der Waals surface area contributed by atoms with Crippen LogP contribution in [0, 0.1) is 0 Å². The predicted molar refractivity (Wildman–Crippen MR) is 65.4 cm³/mol. The number of primary amides is 1. The number of nitrogens with two attached hydrogens (primary N) is 1. The molecular weight excluding hydrogens is 254 g/mol. The first kappa shape index (κ1) is 15.2. The number of urea groups is 1. The second-order valence-electron chi connectivity index (χ2n) is 4.46. The zero-order valence-electron chi connectivity index (χ0n) is 10.8. The van der Waals surface area contributed by atoms with Crippen LogP contribution in [0.5, 0.6) is 0 Å². The number of carboxylic acids is 1.